The van der Waals surface area contributed by atoms with Crippen LogP contribution in [0.5, 0.6) is 5.75 Å². The third-order valence-electron chi connectivity index (χ3n) is 6.44. The summed E-state index contributed by atoms with van der Waals surface area (Å²) >= 11 is 3.34. The van der Waals surface area contributed by atoms with Crippen molar-refractivity contribution >= 4 is 43.5 Å². The summed E-state index contributed by atoms with van der Waals surface area (Å²) < 4.78 is 35.2. The average molecular weight is 645 g/mol. The highest BCUT2D eigenvalue weighted by molar-refractivity contribution is 9.10. The van der Waals surface area contributed by atoms with E-state index in [1.807, 2.05) is 52.0 Å². The second-order valence-electron chi connectivity index (χ2n) is 10.2. The van der Waals surface area contributed by atoms with E-state index in [2.05, 4.69) is 21.2 Å². The highest BCUT2D eigenvalue weighted by Gasteiger charge is 2.32. The van der Waals surface area contributed by atoms with Crippen LogP contribution in [0.25, 0.3) is 0 Å². The largest absolute Gasteiger partial charge is 0.494 e. The first-order chi connectivity index (χ1) is 19.4. The number of nitrogens with one attached hydrogen (secondary N) is 1. The molecule has 0 aliphatic carbocycles. The molecule has 0 saturated carbocycles. The number of amides is 2. The maximum atomic E-state index is 14.0. The van der Waals surface area contributed by atoms with E-state index in [4.69, 9.17) is 4.74 Å². The zero-order chi connectivity index (χ0) is 30.2. The number of rotatable bonds is 13. The number of ether oxygens (including phenoxy) is 1. The standard InChI is InChI=1S/C31H38BrN3O5S/c1-6-40-28-15-13-27(14-16-28)35(41(38,39)29-17-11-26(32)12-18-29)21-30(36)34(20-25-9-7-23(4)8-10-25)24(5)31(37)33-19-22(2)3/h7-18,22,24H,6,19-21H2,1-5H3,(H,33,37). The minimum atomic E-state index is -4.15. The third kappa shape index (κ3) is 8.81. The Balaban J connectivity index is 2.01. The molecular formula is C31H38BrN3O5S. The predicted octanol–water partition coefficient (Wildman–Crippen LogP) is 5.54. The van der Waals surface area contributed by atoms with E-state index in [0.29, 0.717) is 24.6 Å². The van der Waals surface area contributed by atoms with E-state index in [0.717, 1.165) is 19.9 Å². The van der Waals surface area contributed by atoms with E-state index < -0.39 is 28.5 Å². The minimum Gasteiger partial charge on any atom is -0.494 e. The van der Waals surface area contributed by atoms with E-state index in [9.17, 15) is 18.0 Å². The van der Waals surface area contributed by atoms with Crippen molar-refractivity contribution in [2.75, 3.05) is 24.0 Å². The van der Waals surface area contributed by atoms with Crippen LogP contribution >= 0.6 is 15.9 Å². The van der Waals surface area contributed by atoms with Crippen molar-refractivity contribution in [3.8, 4) is 5.75 Å². The van der Waals surface area contributed by atoms with Gasteiger partial charge in [-0.05, 0) is 80.8 Å². The van der Waals surface area contributed by atoms with Crippen LogP contribution in [0, 0.1) is 12.8 Å². The van der Waals surface area contributed by atoms with Crippen LogP contribution in [0.1, 0.15) is 38.8 Å². The Morgan fingerprint density at radius 2 is 1.54 bits per heavy atom. The van der Waals surface area contributed by atoms with Crippen molar-refractivity contribution in [2.24, 2.45) is 5.92 Å². The molecule has 0 fully saturated rings. The van der Waals surface area contributed by atoms with Crippen LogP contribution in [0.2, 0.25) is 0 Å². The van der Waals surface area contributed by atoms with Gasteiger partial charge in [0, 0.05) is 17.6 Å². The topological polar surface area (TPSA) is 96.0 Å². The number of halogens is 1. The first-order valence-electron chi connectivity index (χ1n) is 13.6. The Morgan fingerprint density at radius 3 is 2.10 bits per heavy atom. The Labute approximate surface area is 251 Å². The second kappa shape index (κ2) is 14.5. The fourth-order valence-corrected chi connectivity index (χ4v) is 5.74. The van der Waals surface area contributed by atoms with E-state index in [1.54, 1.807) is 43.3 Å². The summed E-state index contributed by atoms with van der Waals surface area (Å²) in [7, 11) is -4.15. The van der Waals surface area contributed by atoms with Gasteiger partial charge in [0.05, 0.1) is 17.2 Å². The highest BCUT2D eigenvalue weighted by Crippen LogP contribution is 2.27. The fraction of sp³-hybridized carbons (Fsp3) is 0.355. The van der Waals surface area contributed by atoms with Crippen LogP contribution in [0.3, 0.4) is 0 Å². The van der Waals surface area contributed by atoms with Gasteiger partial charge in [-0.25, -0.2) is 8.42 Å². The smallest absolute Gasteiger partial charge is 0.264 e. The normalized spacial score (nSPS) is 12.1. The van der Waals surface area contributed by atoms with Crippen molar-refractivity contribution in [2.45, 2.75) is 52.1 Å². The number of sulfonamides is 1. The van der Waals surface area contributed by atoms with Gasteiger partial charge >= 0.3 is 0 Å². The van der Waals surface area contributed by atoms with Gasteiger partial charge < -0.3 is 15.0 Å². The molecular weight excluding hydrogens is 606 g/mol. The first-order valence-corrected chi connectivity index (χ1v) is 15.8. The number of hydrogen-bond acceptors (Lipinski definition) is 5. The monoisotopic (exact) mass is 643 g/mol. The number of carbonyl (C=O) groups excluding carboxylic acids is 2. The van der Waals surface area contributed by atoms with Crippen LogP contribution in [0.15, 0.2) is 82.2 Å². The van der Waals surface area contributed by atoms with Crippen LogP contribution in [0.4, 0.5) is 5.69 Å². The van der Waals surface area contributed by atoms with Crippen molar-refractivity contribution in [1.82, 2.24) is 10.2 Å². The van der Waals surface area contributed by atoms with Gasteiger partial charge in [-0.2, -0.15) is 0 Å². The highest BCUT2D eigenvalue weighted by atomic mass is 79.9. The average Bonchev–Trinajstić information content (AvgIpc) is 2.94. The summed E-state index contributed by atoms with van der Waals surface area (Å²) in [5.74, 6) is 0.00787. The third-order valence-corrected chi connectivity index (χ3v) is 8.76. The van der Waals surface area contributed by atoms with Crippen LogP contribution < -0.4 is 14.4 Å². The van der Waals surface area contributed by atoms with Gasteiger partial charge in [0.15, 0.2) is 0 Å². The van der Waals surface area contributed by atoms with Gasteiger partial charge in [0.1, 0.15) is 18.3 Å². The molecule has 0 spiro atoms. The van der Waals surface area contributed by atoms with Gasteiger partial charge in [-0.3, -0.25) is 13.9 Å². The molecule has 3 aromatic rings. The molecule has 220 valence electrons. The number of aryl methyl sites for hydroxylation is 1. The molecule has 10 heteroatoms. The summed E-state index contributed by atoms with van der Waals surface area (Å²) in [6.45, 7) is 10.0. The first kappa shape index (κ1) is 32.1. The molecule has 8 nitrogen and oxygen atoms in total. The van der Waals surface area contributed by atoms with Gasteiger partial charge in [0.25, 0.3) is 10.0 Å². The lowest BCUT2D eigenvalue weighted by molar-refractivity contribution is -0.139. The lowest BCUT2D eigenvalue weighted by Gasteiger charge is -2.32. The van der Waals surface area contributed by atoms with Crippen molar-refractivity contribution in [3.05, 3.63) is 88.4 Å². The number of anilines is 1. The predicted molar refractivity (Wildman–Crippen MR) is 165 cm³/mol. The Hall–Kier alpha value is -3.37. The zero-order valence-corrected chi connectivity index (χ0v) is 26.5. The van der Waals surface area contributed by atoms with Gasteiger partial charge in [-0.15, -0.1) is 0 Å². The quantitative estimate of drug-likeness (QED) is 0.264. The van der Waals surface area contributed by atoms with Crippen molar-refractivity contribution in [1.29, 1.82) is 0 Å². The summed E-state index contributed by atoms with van der Waals surface area (Å²) in [5, 5.41) is 2.89. The summed E-state index contributed by atoms with van der Waals surface area (Å²) in [6, 6.07) is 19.6. The molecule has 3 aromatic carbocycles. The number of nitrogens with zero attached hydrogens (tertiary/aromatic N) is 2. The maximum Gasteiger partial charge on any atom is 0.264 e. The number of benzene rings is 3. The summed E-state index contributed by atoms with van der Waals surface area (Å²) in [4.78, 5) is 28.5. The number of carbonyl (C=O) groups is 2. The lowest BCUT2D eigenvalue weighted by atomic mass is 10.1. The lowest BCUT2D eigenvalue weighted by Crippen LogP contribution is -2.51. The van der Waals surface area contributed by atoms with E-state index >= 15 is 0 Å². The molecule has 1 atom stereocenters. The Kier molecular flexibility index (Phi) is 11.4. The molecule has 0 aliphatic heterocycles. The molecule has 0 aromatic heterocycles. The molecule has 0 heterocycles. The van der Waals surface area contributed by atoms with Crippen LogP contribution in [-0.2, 0) is 26.2 Å². The van der Waals surface area contributed by atoms with Crippen LogP contribution in [-0.4, -0.2) is 50.9 Å². The van der Waals surface area contributed by atoms with Gasteiger partial charge in [0.2, 0.25) is 11.8 Å². The molecule has 41 heavy (non-hydrogen) atoms. The molecule has 1 N–H and O–H groups in total. The summed E-state index contributed by atoms with van der Waals surface area (Å²) in [5.41, 5.74) is 2.20. The minimum absolute atomic E-state index is 0.0372. The maximum absolute atomic E-state index is 14.0. The summed E-state index contributed by atoms with van der Waals surface area (Å²) in [6.07, 6.45) is 0. The van der Waals surface area contributed by atoms with Crippen molar-refractivity contribution < 1.29 is 22.7 Å². The zero-order valence-electron chi connectivity index (χ0n) is 24.1. The Morgan fingerprint density at radius 1 is 0.927 bits per heavy atom. The Bertz CT molecular complexity index is 1410. The molecule has 3 rings (SSSR count). The van der Waals surface area contributed by atoms with Gasteiger partial charge in [-0.1, -0.05) is 59.6 Å². The molecule has 0 bridgehead atoms. The van der Waals surface area contributed by atoms with E-state index in [1.165, 1.54) is 17.0 Å². The van der Waals surface area contributed by atoms with E-state index in [-0.39, 0.29) is 23.3 Å². The molecule has 0 saturated heterocycles. The molecule has 0 aliphatic rings. The van der Waals surface area contributed by atoms with Crippen molar-refractivity contribution in [3.63, 3.8) is 0 Å². The fourth-order valence-electron chi connectivity index (χ4n) is 4.06. The molecule has 0 radical (unpaired) electrons. The second-order valence-corrected chi connectivity index (χ2v) is 13.0. The molecule has 2 amide bonds. The number of hydrogen-bond donors (Lipinski definition) is 1. The SMILES string of the molecule is CCOc1ccc(N(CC(=O)N(Cc2ccc(C)cc2)C(C)C(=O)NCC(C)C)S(=O)(=O)c2ccc(Br)cc2)cc1. The molecule has 1 unspecified atom stereocenters.